The van der Waals surface area contributed by atoms with Crippen LogP contribution in [0.15, 0.2) is 71.8 Å². The molecule has 1 aliphatic rings. The molecule has 0 radical (unpaired) electrons. The fourth-order valence-corrected chi connectivity index (χ4v) is 6.69. The highest BCUT2D eigenvalue weighted by molar-refractivity contribution is 7.92. The zero-order chi connectivity index (χ0) is 32.5. The molecule has 4 aromatic rings. The molecule has 0 aliphatic carbocycles. The molecule has 0 fully saturated rings. The van der Waals surface area contributed by atoms with Gasteiger partial charge in [0.05, 0.1) is 41.0 Å². The lowest BCUT2D eigenvalue weighted by molar-refractivity contribution is -0.137. The number of carbonyl (C=O) groups is 1. The first-order chi connectivity index (χ1) is 21.3. The van der Waals surface area contributed by atoms with E-state index in [9.17, 15) is 30.8 Å². The van der Waals surface area contributed by atoms with Gasteiger partial charge in [0, 0.05) is 18.5 Å². The fraction of sp³-hybridized carbons (Fsp3) is 0.233. The third-order valence-electron chi connectivity index (χ3n) is 7.02. The number of sulfonamides is 1. The number of anilines is 1. The number of hydrogen-bond donors (Lipinski definition) is 0. The summed E-state index contributed by atoms with van der Waals surface area (Å²) in [5.41, 5.74) is 0.0431. The van der Waals surface area contributed by atoms with E-state index in [2.05, 4.69) is 15.0 Å². The largest absolute Gasteiger partial charge is 0.486 e. The molecule has 0 amide bonds. The second-order valence-corrected chi connectivity index (χ2v) is 12.4. The fourth-order valence-electron chi connectivity index (χ4n) is 4.84. The standard InChI is InChI=1S/C30H25ClF4N4O5S/c1-18(28-23(31)7-4-8-24(28)32)13-19-9-10-27-26(14-19)39(45(41,42)22-6-3-5-20(15-22)30(33,34)35)16-21(44-27)11-12-38-17-25(36-37-38)29(40)43-2/h3-10,13-15,17,21H,11-12,16H2,1-2H3/t21-/m0/s1. The van der Waals surface area contributed by atoms with Crippen LogP contribution in [0.1, 0.15) is 40.5 Å². The van der Waals surface area contributed by atoms with Crippen LogP contribution in [0.5, 0.6) is 5.75 Å². The first-order valence-corrected chi connectivity index (χ1v) is 15.2. The number of nitrogens with zero attached hydrogens (tertiary/aromatic N) is 4. The highest BCUT2D eigenvalue weighted by Gasteiger charge is 2.37. The molecule has 236 valence electrons. The van der Waals surface area contributed by atoms with Crippen LogP contribution in [-0.2, 0) is 27.5 Å². The number of ether oxygens (including phenoxy) is 2. The minimum atomic E-state index is -4.76. The highest BCUT2D eigenvalue weighted by Crippen LogP contribution is 2.40. The van der Waals surface area contributed by atoms with Gasteiger partial charge in [0.2, 0.25) is 0 Å². The van der Waals surface area contributed by atoms with Crippen LogP contribution in [0.4, 0.5) is 23.2 Å². The van der Waals surface area contributed by atoms with Crippen molar-refractivity contribution in [3.05, 3.63) is 100 Å². The molecule has 45 heavy (non-hydrogen) atoms. The van der Waals surface area contributed by atoms with Crippen molar-refractivity contribution in [1.82, 2.24) is 15.0 Å². The SMILES string of the molecule is COC(=O)c1cn(CC[C@H]2CN(S(=O)(=O)c3cccc(C(F)(F)F)c3)c3cc(C=C(C)c4c(F)cccc4Cl)ccc3O2)nn1. The van der Waals surface area contributed by atoms with Crippen molar-refractivity contribution < 1.29 is 40.2 Å². The molecule has 0 bridgehead atoms. The van der Waals surface area contributed by atoms with Gasteiger partial charge in [-0.3, -0.25) is 8.99 Å². The Kier molecular flexibility index (Phi) is 8.90. The van der Waals surface area contributed by atoms with Gasteiger partial charge in [-0.25, -0.2) is 17.6 Å². The van der Waals surface area contributed by atoms with Crippen LogP contribution in [0.25, 0.3) is 11.6 Å². The number of allylic oxidation sites excluding steroid dienone is 1. The maximum atomic E-state index is 14.6. The monoisotopic (exact) mass is 664 g/mol. The van der Waals surface area contributed by atoms with Crippen LogP contribution >= 0.6 is 11.6 Å². The zero-order valence-corrected chi connectivity index (χ0v) is 25.3. The molecule has 0 saturated heterocycles. The number of fused-ring (bicyclic) bond motifs is 1. The van der Waals surface area contributed by atoms with Gasteiger partial charge in [-0.05, 0) is 60.5 Å². The van der Waals surface area contributed by atoms with Crippen molar-refractivity contribution in [1.29, 1.82) is 0 Å². The number of alkyl halides is 3. The predicted octanol–water partition coefficient (Wildman–Crippen LogP) is 6.48. The molecule has 0 spiro atoms. The van der Waals surface area contributed by atoms with Crippen molar-refractivity contribution in [3.63, 3.8) is 0 Å². The van der Waals surface area contributed by atoms with Crippen LogP contribution < -0.4 is 9.04 Å². The Morgan fingerprint density at radius 3 is 2.62 bits per heavy atom. The smallest absolute Gasteiger partial charge is 0.416 e. The Labute approximate surface area is 260 Å². The normalized spacial score (nSPS) is 15.4. The van der Waals surface area contributed by atoms with Crippen molar-refractivity contribution in [2.45, 2.75) is 37.1 Å². The Hall–Kier alpha value is -4.43. The van der Waals surface area contributed by atoms with Gasteiger partial charge in [-0.15, -0.1) is 5.10 Å². The van der Waals surface area contributed by atoms with Crippen LogP contribution in [0, 0.1) is 5.82 Å². The molecule has 2 heterocycles. The number of halogens is 5. The van der Waals surface area contributed by atoms with Gasteiger partial charge < -0.3 is 9.47 Å². The molecule has 0 N–H and O–H groups in total. The van der Waals surface area contributed by atoms with Gasteiger partial charge in [-0.2, -0.15) is 13.2 Å². The molecule has 0 saturated carbocycles. The number of hydrogen-bond acceptors (Lipinski definition) is 7. The number of aryl methyl sites for hydroxylation is 1. The first-order valence-electron chi connectivity index (χ1n) is 13.4. The molecule has 0 unspecified atom stereocenters. The number of rotatable bonds is 8. The van der Waals surface area contributed by atoms with E-state index in [1.54, 1.807) is 19.1 Å². The zero-order valence-electron chi connectivity index (χ0n) is 23.8. The average molecular weight is 665 g/mol. The summed E-state index contributed by atoms with van der Waals surface area (Å²) in [6.07, 6.45) is -2.35. The molecule has 1 atom stereocenters. The number of esters is 1. The minimum absolute atomic E-state index is 0.0197. The van der Waals surface area contributed by atoms with Crippen LogP contribution in [0.3, 0.4) is 0 Å². The maximum absolute atomic E-state index is 14.6. The molecule has 9 nitrogen and oxygen atoms in total. The molecular formula is C30H25ClF4N4O5S. The Balaban J connectivity index is 1.52. The van der Waals surface area contributed by atoms with Crippen molar-refractivity contribution in [2.75, 3.05) is 18.0 Å². The summed E-state index contributed by atoms with van der Waals surface area (Å²) in [6.45, 7) is 1.56. The Morgan fingerprint density at radius 2 is 1.91 bits per heavy atom. The number of carbonyl (C=O) groups excluding carboxylic acids is 1. The molecule has 15 heteroatoms. The first kappa shape index (κ1) is 32.0. The van der Waals surface area contributed by atoms with E-state index in [0.717, 1.165) is 22.5 Å². The van der Waals surface area contributed by atoms with Gasteiger partial charge in [0.25, 0.3) is 10.0 Å². The topological polar surface area (TPSA) is 104 Å². The van der Waals surface area contributed by atoms with Crippen molar-refractivity contribution >= 4 is 44.9 Å². The lowest BCUT2D eigenvalue weighted by Crippen LogP contribution is -2.44. The molecular weight excluding hydrogens is 640 g/mol. The Bertz CT molecular complexity index is 1870. The Morgan fingerprint density at radius 1 is 1.16 bits per heavy atom. The third kappa shape index (κ3) is 6.81. The number of methoxy groups -OCH3 is 1. The maximum Gasteiger partial charge on any atom is 0.416 e. The summed E-state index contributed by atoms with van der Waals surface area (Å²) in [4.78, 5) is 11.2. The number of aromatic nitrogens is 3. The molecule has 5 rings (SSSR count). The van der Waals surface area contributed by atoms with Gasteiger partial charge in [0.15, 0.2) is 5.69 Å². The van der Waals surface area contributed by atoms with E-state index in [0.29, 0.717) is 17.2 Å². The van der Waals surface area contributed by atoms with E-state index < -0.39 is 44.5 Å². The van der Waals surface area contributed by atoms with E-state index >= 15 is 0 Å². The third-order valence-corrected chi connectivity index (χ3v) is 9.11. The second kappa shape index (κ2) is 12.5. The van der Waals surface area contributed by atoms with E-state index in [-0.39, 0.29) is 47.2 Å². The molecule has 1 aliphatic heterocycles. The molecule has 1 aromatic heterocycles. The summed E-state index contributed by atoms with van der Waals surface area (Å²) in [5, 5.41) is 7.79. The van der Waals surface area contributed by atoms with Crippen LogP contribution in [-0.4, -0.2) is 49.1 Å². The van der Waals surface area contributed by atoms with Gasteiger partial charge in [0.1, 0.15) is 17.7 Å². The van der Waals surface area contributed by atoms with E-state index in [1.807, 2.05) is 0 Å². The molecule has 3 aromatic carbocycles. The van der Waals surface area contributed by atoms with Gasteiger partial charge in [-0.1, -0.05) is 41.1 Å². The van der Waals surface area contributed by atoms with Crippen LogP contribution in [0.2, 0.25) is 5.02 Å². The van der Waals surface area contributed by atoms with E-state index in [4.69, 9.17) is 16.3 Å². The summed E-state index contributed by atoms with van der Waals surface area (Å²) >= 11 is 6.21. The highest BCUT2D eigenvalue weighted by atomic mass is 35.5. The second-order valence-electron chi connectivity index (χ2n) is 10.1. The lowest BCUT2D eigenvalue weighted by Gasteiger charge is -2.36. The minimum Gasteiger partial charge on any atom is -0.486 e. The van der Waals surface area contributed by atoms with Crippen molar-refractivity contribution in [2.24, 2.45) is 0 Å². The summed E-state index contributed by atoms with van der Waals surface area (Å²) in [7, 11) is -3.34. The predicted molar refractivity (Wildman–Crippen MR) is 158 cm³/mol. The summed E-state index contributed by atoms with van der Waals surface area (Å²) < 4.78 is 96.0. The average Bonchev–Trinajstić information content (AvgIpc) is 3.48. The lowest BCUT2D eigenvalue weighted by atomic mass is 10.0. The van der Waals surface area contributed by atoms with Crippen molar-refractivity contribution in [3.8, 4) is 5.75 Å². The quantitative estimate of drug-likeness (QED) is 0.121. The van der Waals surface area contributed by atoms with E-state index in [1.165, 1.54) is 48.3 Å². The summed E-state index contributed by atoms with van der Waals surface area (Å²) in [6, 6.07) is 12.4. The number of benzene rings is 3. The van der Waals surface area contributed by atoms with Gasteiger partial charge >= 0.3 is 12.1 Å². The summed E-state index contributed by atoms with van der Waals surface area (Å²) in [5.74, 6) is -1.06.